The summed E-state index contributed by atoms with van der Waals surface area (Å²) in [5, 5.41) is 6.60. The van der Waals surface area contributed by atoms with Crippen molar-refractivity contribution in [3.8, 4) is 11.5 Å². The number of ether oxygens (including phenoxy) is 2. The molecule has 0 unspecified atom stereocenters. The Morgan fingerprint density at radius 1 is 1.20 bits per heavy atom. The van der Waals surface area contributed by atoms with Gasteiger partial charge in [-0.05, 0) is 45.1 Å². The quantitative estimate of drug-likeness (QED) is 0.348. The molecule has 0 aromatic heterocycles. The third-order valence-electron chi connectivity index (χ3n) is 4.16. The number of methoxy groups -OCH3 is 1. The summed E-state index contributed by atoms with van der Waals surface area (Å²) in [6, 6.07) is 6.02. The molecule has 1 fully saturated rings. The van der Waals surface area contributed by atoms with Crippen LogP contribution in [0.2, 0.25) is 0 Å². The fourth-order valence-electron chi connectivity index (χ4n) is 2.90. The maximum atomic E-state index is 6.27. The summed E-state index contributed by atoms with van der Waals surface area (Å²) >= 11 is 0. The molecule has 2 N–H and O–H groups in total. The second-order valence-corrected chi connectivity index (χ2v) is 6.09. The Bertz CT molecular complexity index is 531. The number of nitrogens with one attached hydrogen (secondary N) is 2. The molecule has 1 aromatic carbocycles. The van der Waals surface area contributed by atoms with Gasteiger partial charge in [0.25, 0.3) is 0 Å². The van der Waals surface area contributed by atoms with Crippen molar-refractivity contribution < 1.29 is 9.47 Å². The smallest absolute Gasteiger partial charge is 0.191 e. The fourth-order valence-corrected chi connectivity index (χ4v) is 2.90. The highest BCUT2D eigenvalue weighted by molar-refractivity contribution is 14.0. The highest BCUT2D eigenvalue weighted by Crippen LogP contribution is 2.35. The number of aliphatic imine (C=N–C) groups is 1. The molecule has 5 nitrogen and oxygen atoms in total. The molecule has 0 heterocycles. The molecule has 0 aliphatic heterocycles. The summed E-state index contributed by atoms with van der Waals surface area (Å²) in [4.78, 5) is 4.69. The van der Waals surface area contributed by atoms with Gasteiger partial charge >= 0.3 is 0 Å². The number of nitrogens with zero attached hydrogens (tertiary/aromatic N) is 1. The zero-order chi connectivity index (χ0) is 17.2. The van der Waals surface area contributed by atoms with Crippen LogP contribution in [0.25, 0.3) is 0 Å². The third kappa shape index (κ3) is 6.92. The molecule has 0 saturated heterocycles. The largest absolute Gasteiger partial charge is 0.493 e. The lowest BCUT2D eigenvalue weighted by Gasteiger charge is -2.19. The highest BCUT2D eigenvalue weighted by atomic mass is 127. The van der Waals surface area contributed by atoms with Crippen molar-refractivity contribution in [2.75, 3.05) is 20.2 Å². The second kappa shape index (κ2) is 12.2. The third-order valence-corrected chi connectivity index (χ3v) is 4.16. The van der Waals surface area contributed by atoms with Crippen LogP contribution in [0.1, 0.15) is 51.5 Å². The molecule has 1 saturated carbocycles. The maximum Gasteiger partial charge on any atom is 0.191 e. The number of guanidine groups is 1. The van der Waals surface area contributed by atoms with E-state index in [0.717, 1.165) is 55.4 Å². The molecule has 2 rings (SSSR count). The van der Waals surface area contributed by atoms with Crippen molar-refractivity contribution in [3.05, 3.63) is 23.8 Å². The van der Waals surface area contributed by atoms with E-state index in [9.17, 15) is 0 Å². The van der Waals surface area contributed by atoms with Crippen molar-refractivity contribution in [3.63, 3.8) is 0 Å². The van der Waals surface area contributed by atoms with Crippen molar-refractivity contribution in [1.82, 2.24) is 10.6 Å². The first-order chi connectivity index (χ1) is 11.8. The highest BCUT2D eigenvalue weighted by Gasteiger charge is 2.20. The molecule has 1 aliphatic carbocycles. The first kappa shape index (κ1) is 21.9. The van der Waals surface area contributed by atoms with Crippen LogP contribution in [0.15, 0.2) is 23.2 Å². The molecule has 6 heteroatoms. The Morgan fingerprint density at radius 3 is 2.60 bits per heavy atom. The van der Waals surface area contributed by atoms with E-state index >= 15 is 0 Å². The zero-order valence-corrected chi connectivity index (χ0v) is 18.0. The number of rotatable bonds is 8. The van der Waals surface area contributed by atoms with Gasteiger partial charge in [0.2, 0.25) is 0 Å². The molecule has 1 aromatic rings. The Hall–Kier alpha value is -1.18. The molecule has 142 valence electrons. The van der Waals surface area contributed by atoms with Gasteiger partial charge in [-0.2, -0.15) is 0 Å². The van der Waals surface area contributed by atoms with E-state index in [1.807, 2.05) is 12.1 Å². The lowest BCUT2D eigenvalue weighted by atomic mass is 10.1. The Labute approximate surface area is 169 Å². The number of para-hydroxylation sites is 1. The average Bonchev–Trinajstić information content (AvgIpc) is 3.11. The van der Waals surface area contributed by atoms with Gasteiger partial charge in [-0.15, -0.1) is 24.0 Å². The molecule has 1 aliphatic rings. The average molecular weight is 461 g/mol. The van der Waals surface area contributed by atoms with Gasteiger partial charge in [-0.1, -0.05) is 19.1 Å². The Morgan fingerprint density at radius 2 is 1.96 bits per heavy atom. The molecular weight excluding hydrogens is 429 g/mol. The summed E-state index contributed by atoms with van der Waals surface area (Å²) in [6.07, 6.45) is 6.12. The minimum atomic E-state index is 0. The van der Waals surface area contributed by atoms with Crippen LogP contribution >= 0.6 is 24.0 Å². The zero-order valence-electron chi connectivity index (χ0n) is 15.6. The van der Waals surface area contributed by atoms with Gasteiger partial charge in [0.05, 0.1) is 19.8 Å². The molecule has 0 bridgehead atoms. The summed E-state index contributed by atoms with van der Waals surface area (Å²) in [5.41, 5.74) is 1.06. The second-order valence-electron chi connectivity index (χ2n) is 6.09. The summed E-state index contributed by atoms with van der Waals surface area (Å²) < 4.78 is 11.8. The van der Waals surface area contributed by atoms with Gasteiger partial charge < -0.3 is 20.1 Å². The van der Waals surface area contributed by atoms with Crippen LogP contribution in [-0.2, 0) is 6.54 Å². The van der Waals surface area contributed by atoms with Gasteiger partial charge in [0.1, 0.15) is 0 Å². The summed E-state index contributed by atoms with van der Waals surface area (Å²) in [5.74, 6) is 2.48. The first-order valence-corrected chi connectivity index (χ1v) is 9.13. The monoisotopic (exact) mass is 461 g/mol. The molecular formula is C19H32IN3O2. The molecule has 0 atom stereocenters. The minimum absolute atomic E-state index is 0. The lowest BCUT2D eigenvalue weighted by Crippen LogP contribution is -2.37. The van der Waals surface area contributed by atoms with Gasteiger partial charge in [-0.3, -0.25) is 0 Å². The van der Waals surface area contributed by atoms with Crippen LogP contribution in [0.5, 0.6) is 11.5 Å². The fraction of sp³-hybridized carbons (Fsp3) is 0.632. The molecule has 0 radical (unpaired) electrons. The molecule has 0 amide bonds. The number of benzene rings is 1. The van der Waals surface area contributed by atoms with E-state index in [-0.39, 0.29) is 24.0 Å². The minimum Gasteiger partial charge on any atom is -0.493 e. The molecule has 0 spiro atoms. The lowest BCUT2D eigenvalue weighted by molar-refractivity contribution is 0.198. The molecule has 25 heavy (non-hydrogen) atoms. The van der Waals surface area contributed by atoms with E-state index in [0.29, 0.717) is 12.6 Å². The topological polar surface area (TPSA) is 54.9 Å². The van der Waals surface area contributed by atoms with Gasteiger partial charge in [0, 0.05) is 18.7 Å². The predicted octanol–water partition coefficient (Wildman–Crippen LogP) is 4.10. The number of hydrogen-bond acceptors (Lipinski definition) is 3. The van der Waals surface area contributed by atoms with E-state index < -0.39 is 0 Å². The van der Waals surface area contributed by atoms with Crippen molar-refractivity contribution in [1.29, 1.82) is 0 Å². The van der Waals surface area contributed by atoms with Crippen LogP contribution in [0, 0.1) is 0 Å². The van der Waals surface area contributed by atoms with E-state index in [1.165, 1.54) is 12.8 Å². The Balaban J connectivity index is 0.00000312. The van der Waals surface area contributed by atoms with Crippen molar-refractivity contribution in [2.45, 2.75) is 58.6 Å². The standard InChI is InChI=1S/C19H31N3O2.HI/c1-4-13-21-19(20-5-2)22-14-15-9-8-12-17(23-3)18(15)24-16-10-6-7-11-16;/h8-9,12,16H,4-7,10-11,13-14H2,1-3H3,(H2,20,21,22);1H. The van der Waals surface area contributed by atoms with Crippen LogP contribution in [0.4, 0.5) is 0 Å². The van der Waals surface area contributed by atoms with Gasteiger partial charge in [-0.25, -0.2) is 4.99 Å². The maximum absolute atomic E-state index is 6.27. The van der Waals surface area contributed by atoms with Crippen molar-refractivity contribution >= 4 is 29.9 Å². The van der Waals surface area contributed by atoms with Crippen molar-refractivity contribution in [2.24, 2.45) is 4.99 Å². The Kier molecular flexibility index (Phi) is 10.7. The van der Waals surface area contributed by atoms with E-state index in [1.54, 1.807) is 7.11 Å². The van der Waals surface area contributed by atoms with E-state index in [2.05, 4.69) is 30.5 Å². The SMILES string of the molecule is CCCNC(=NCc1cccc(OC)c1OC1CCCC1)NCC.I. The summed E-state index contributed by atoms with van der Waals surface area (Å²) in [7, 11) is 1.69. The normalized spacial score (nSPS) is 14.8. The van der Waals surface area contributed by atoms with Crippen LogP contribution in [-0.4, -0.2) is 32.3 Å². The first-order valence-electron chi connectivity index (χ1n) is 9.13. The van der Waals surface area contributed by atoms with Crippen LogP contribution in [0.3, 0.4) is 0 Å². The summed E-state index contributed by atoms with van der Waals surface area (Å²) in [6.45, 7) is 6.54. The number of hydrogen-bond donors (Lipinski definition) is 2. The van der Waals surface area contributed by atoms with Crippen LogP contribution < -0.4 is 20.1 Å². The number of halogens is 1. The van der Waals surface area contributed by atoms with E-state index in [4.69, 9.17) is 14.5 Å². The predicted molar refractivity (Wildman–Crippen MR) is 114 cm³/mol. The van der Waals surface area contributed by atoms with Gasteiger partial charge in [0.15, 0.2) is 17.5 Å².